The van der Waals surface area contributed by atoms with Crippen LogP contribution in [0.3, 0.4) is 0 Å². The molecule has 0 aromatic heterocycles. The third-order valence-electron chi connectivity index (χ3n) is 3.46. The van der Waals surface area contributed by atoms with Gasteiger partial charge in [-0.2, -0.15) is 0 Å². The van der Waals surface area contributed by atoms with E-state index in [1.807, 2.05) is 0 Å². The second kappa shape index (κ2) is 5.19. The second-order valence-corrected chi connectivity index (χ2v) is 7.48. The van der Waals surface area contributed by atoms with Gasteiger partial charge in [-0.1, -0.05) is 24.6 Å². The van der Waals surface area contributed by atoms with Crippen molar-refractivity contribution in [2.75, 3.05) is 12.8 Å². The largest absolute Gasteiger partial charge is 0.312 e. The molecular weight excluding hydrogens is 270 g/mol. The van der Waals surface area contributed by atoms with Crippen molar-refractivity contribution in [1.82, 2.24) is 5.32 Å². The quantitative estimate of drug-likeness (QED) is 0.905. The van der Waals surface area contributed by atoms with Gasteiger partial charge in [0.25, 0.3) is 0 Å². The lowest BCUT2D eigenvalue weighted by Gasteiger charge is -2.11. The van der Waals surface area contributed by atoms with Gasteiger partial charge in [-0.15, -0.1) is 0 Å². The molecule has 0 saturated heterocycles. The van der Waals surface area contributed by atoms with Crippen molar-refractivity contribution in [1.29, 1.82) is 0 Å². The lowest BCUT2D eigenvalue weighted by molar-refractivity contribution is 0.591. The van der Waals surface area contributed by atoms with Gasteiger partial charge >= 0.3 is 0 Å². The minimum absolute atomic E-state index is 0.325. The second-order valence-electron chi connectivity index (χ2n) is 5.09. The van der Waals surface area contributed by atoms with Crippen LogP contribution in [0, 0.1) is 11.8 Å². The average Bonchev–Trinajstić information content (AvgIpc) is 2.95. The summed E-state index contributed by atoms with van der Waals surface area (Å²) in [6.07, 6.45) is 2.47. The van der Waals surface area contributed by atoms with E-state index in [9.17, 15) is 8.42 Å². The molecule has 1 N–H and O–H groups in total. The highest BCUT2D eigenvalue weighted by atomic mass is 35.5. The van der Waals surface area contributed by atoms with Gasteiger partial charge in [0.05, 0.1) is 4.90 Å². The van der Waals surface area contributed by atoms with Crippen molar-refractivity contribution in [3.8, 4) is 0 Å². The standard InChI is InChI=1S/C13H18ClNO2S/c1-9-6-10(9)7-15-8-11-12(14)4-3-5-13(11)18(2,16)17/h3-5,9-10,15H,6-8H2,1-2H3. The first kappa shape index (κ1) is 13.8. The zero-order valence-corrected chi connectivity index (χ0v) is 12.2. The Kier molecular flexibility index (Phi) is 3.99. The first-order valence-corrected chi connectivity index (χ1v) is 8.34. The van der Waals surface area contributed by atoms with Gasteiger partial charge in [-0.3, -0.25) is 0 Å². The van der Waals surface area contributed by atoms with Crippen LogP contribution in [0.5, 0.6) is 0 Å². The molecule has 18 heavy (non-hydrogen) atoms. The van der Waals surface area contributed by atoms with Crippen LogP contribution in [0.4, 0.5) is 0 Å². The molecule has 0 heterocycles. The average molecular weight is 288 g/mol. The van der Waals surface area contributed by atoms with Crippen molar-refractivity contribution in [3.63, 3.8) is 0 Å². The molecule has 0 spiro atoms. The Bertz CT molecular complexity index is 542. The summed E-state index contributed by atoms with van der Waals surface area (Å²) in [5, 5.41) is 3.81. The predicted molar refractivity (Wildman–Crippen MR) is 73.5 cm³/mol. The number of sulfone groups is 1. The minimum Gasteiger partial charge on any atom is -0.312 e. The summed E-state index contributed by atoms with van der Waals surface area (Å²) in [7, 11) is -3.23. The molecule has 1 saturated carbocycles. The van der Waals surface area contributed by atoms with E-state index >= 15 is 0 Å². The van der Waals surface area contributed by atoms with Gasteiger partial charge in [-0.25, -0.2) is 8.42 Å². The molecule has 1 aromatic carbocycles. The number of hydrogen-bond donors (Lipinski definition) is 1. The minimum atomic E-state index is -3.23. The first-order chi connectivity index (χ1) is 8.39. The lowest BCUT2D eigenvalue weighted by atomic mass is 10.2. The van der Waals surface area contributed by atoms with E-state index in [0.717, 1.165) is 18.4 Å². The molecule has 0 amide bonds. The summed E-state index contributed by atoms with van der Waals surface area (Å²) in [6.45, 7) is 3.66. The third kappa shape index (κ3) is 3.25. The van der Waals surface area contributed by atoms with Gasteiger partial charge in [-0.05, 0) is 36.9 Å². The molecule has 2 unspecified atom stereocenters. The van der Waals surface area contributed by atoms with Crippen LogP contribution in [-0.4, -0.2) is 21.2 Å². The van der Waals surface area contributed by atoms with Gasteiger partial charge in [0, 0.05) is 23.4 Å². The molecule has 2 rings (SSSR count). The van der Waals surface area contributed by atoms with Crippen molar-refractivity contribution in [2.24, 2.45) is 11.8 Å². The summed E-state index contributed by atoms with van der Waals surface area (Å²) in [4.78, 5) is 0.325. The molecule has 3 nitrogen and oxygen atoms in total. The maximum atomic E-state index is 11.7. The summed E-state index contributed by atoms with van der Waals surface area (Å²) in [5.74, 6) is 1.52. The molecule has 1 aliphatic carbocycles. The van der Waals surface area contributed by atoms with E-state index in [1.165, 1.54) is 12.7 Å². The van der Waals surface area contributed by atoms with Gasteiger partial charge in [0.15, 0.2) is 9.84 Å². The monoisotopic (exact) mass is 287 g/mol. The molecule has 2 atom stereocenters. The number of nitrogens with one attached hydrogen (secondary N) is 1. The summed E-state index contributed by atoms with van der Waals surface area (Å²) < 4.78 is 23.4. The molecular formula is C13H18ClNO2S. The topological polar surface area (TPSA) is 46.2 Å². The Morgan fingerprint density at radius 2 is 2.11 bits per heavy atom. The molecule has 0 bridgehead atoms. The summed E-state index contributed by atoms with van der Waals surface area (Å²) in [5.41, 5.74) is 0.676. The zero-order valence-electron chi connectivity index (χ0n) is 10.6. The molecule has 1 fully saturated rings. The zero-order chi connectivity index (χ0) is 13.3. The van der Waals surface area contributed by atoms with Crippen molar-refractivity contribution in [3.05, 3.63) is 28.8 Å². The van der Waals surface area contributed by atoms with Crippen LogP contribution in [0.15, 0.2) is 23.1 Å². The molecule has 100 valence electrons. The van der Waals surface area contributed by atoms with E-state index in [2.05, 4.69) is 12.2 Å². The number of rotatable bonds is 5. The fourth-order valence-electron chi connectivity index (χ4n) is 2.12. The number of hydrogen-bond acceptors (Lipinski definition) is 3. The highest BCUT2D eigenvalue weighted by Crippen LogP contribution is 2.36. The molecule has 1 aliphatic rings. The van der Waals surface area contributed by atoms with E-state index in [1.54, 1.807) is 18.2 Å². The maximum Gasteiger partial charge on any atom is 0.175 e. The number of benzene rings is 1. The third-order valence-corrected chi connectivity index (χ3v) is 5.00. The van der Waals surface area contributed by atoms with Crippen LogP contribution in [0.25, 0.3) is 0 Å². The van der Waals surface area contributed by atoms with Gasteiger partial charge < -0.3 is 5.32 Å². The maximum absolute atomic E-state index is 11.7. The highest BCUT2D eigenvalue weighted by Gasteiger charge is 2.31. The van der Waals surface area contributed by atoms with Crippen LogP contribution in [-0.2, 0) is 16.4 Å². The highest BCUT2D eigenvalue weighted by molar-refractivity contribution is 7.90. The van der Waals surface area contributed by atoms with Gasteiger partial charge in [0.2, 0.25) is 0 Å². The first-order valence-electron chi connectivity index (χ1n) is 6.07. The summed E-state index contributed by atoms with van der Waals surface area (Å²) >= 11 is 6.09. The Morgan fingerprint density at radius 3 is 2.67 bits per heavy atom. The van der Waals surface area contributed by atoms with E-state index < -0.39 is 9.84 Å². The molecule has 0 aliphatic heterocycles. The predicted octanol–water partition coefficient (Wildman–Crippen LogP) is 2.49. The Labute approximate surface area is 113 Å². The van der Waals surface area contributed by atoms with E-state index in [0.29, 0.717) is 22.0 Å². The smallest absolute Gasteiger partial charge is 0.175 e. The summed E-state index contributed by atoms with van der Waals surface area (Å²) in [6, 6.07) is 5.01. The molecule has 5 heteroatoms. The normalized spacial score (nSPS) is 23.1. The fourth-order valence-corrected chi connectivity index (χ4v) is 3.38. The van der Waals surface area contributed by atoms with Crippen molar-refractivity contribution >= 4 is 21.4 Å². The van der Waals surface area contributed by atoms with Gasteiger partial charge in [0.1, 0.15) is 0 Å². The Balaban J connectivity index is 2.10. The van der Waals surface area contributed by atoms with Crippen LogP contribution < -0.4 is 5.32 Å². The van der Waals surface area contributed by atoms with Crippen molar-refractivity contribution < 1.29 is 8.42 Å². The number of halogens is 1. The van der Waals surface area contributed by atoms with Crippen molar-refractivity contribution in [2.45, 2.75) is 24.8 Å². The lowest BCUT2D eigenvalue weighted by Crippen LogP contribution is -2.19. The fraction of sp³-hybridized carbons (Fsp3) is 0.538. The Morgan fingerprint density at radius 1 is 1.44 bits per heavy atom. The molecule has 1 aromatic rings. The van der Waals surface area contributed by atoms with E-state index in [4.69, 9.17) is 11.6 Å². The van der Waals surface area contributed by atoms with Crippen LogP contribution >= 0.6 is 11.6 Å². The van der Waals surface area contributed by atoms with Crippen LogP contribution in [0.1, 0.15) is 18.9 Å². The SMILES string of the molecule is CC1CC1CNCc1c(Cl)cccc1S(C)(=O)=O. The molecule has 0 radical (unpaired) electrons. The van der Waals surface area contributed by atoms with E-state index in [-0.39, 0.29) is 0 Å². The van der Waals surface area contributed by atoms with Crippen LogP contribution in [0.2, 0.25) is 5.02 Å². The Hall–Kier alpha value is -0.580.